The van der Waals surface area contributed by atoms with Crippen molar-refractivity contribution in [3.05, 3.63) is 36.0 Å². The van der Waals surface area contributed by atoms with Crippen LogP contribution in [0.1, 0.15) is 37.8 Å². The van der Waals surface area contributed by atoms with Crippen LogP contribution >= 0.6 is 0 Å². The van der Waals surface area contributed by atoms with Gasteiger partial charge in [-0.2, -0.15) is 0 Å². The molecule has 0 saturated heterocycles. The molecule has 1 fully saturated rings. The van der Waals surface area contributed by atoms with Gasteiger partial charge in [0.1, 0.15) is 0 Å². The van der Waals surface area contributed by atoms with Gasteiger partial charge in [-0.1, -0.05) is 37.5 Å². The minimum Gasteiger partial charge on any atom is -0.357 e. The number of H-pyrrole nitrogens is 1. The normalized spacial score (nSPS) is 16.0. The molecule has 21 heavy (non-hydrogen) atoms. The minimum absolute atomic E-state index is 0.0283. The van der Waals surface area contributed by atoms with Gasteiger partial charge in [0.15, 0.2) is 0 Å². The molecular weight excluding hydrogens is 262 g/mol. The second kappa shape index (κ2) is 6.20. The lowest BCUT2D eigenvalue weighted by Crippen LogP contribution is -2.44. The van der Waals surface area contributed by atoms with E-state index in [1.54, 1.807) is 0 Å². The SMILES string of the molecule is CN(C(=O)NCc1cc2ccccc2[nH]1)C1CCCCC1. The second-order valence-electron chi connectivity index (χ2n) is 5.94. The zero-order chi connectivity index (χ0) is 14.7. The van der Waals surface area contributed by atoms with Crippen LogP contribution in [-0.4, -0.2) is 29.0 Å². The summed E-state index contributed by atoms with van der Waals surface area (Å²) in [6.07, 6.45) is 6.06. The van der Waals surface area contributed by atoms with E-state index in [-0.39, 0.29) is 6.03 Å². The number of hydrogen-bond donors (Lipinski definition) is 2. The third kappa shape index (κ3) is 3.20. The number of benzene rings is 1. The van der Waals surface area contributed by atoms with Gasteiger partial charge < -0.3 is 15.2 Å². The molecule has 0 atom stereocenters. The molecule has 0 radical (unpaired) electrons. The highest BCUT2D eigenvalue weighted by Crippen LogP contribution is 2.21. The molecule has 0 spiro atoms. The Morgan fingerprint density at radius 3 is 2.81 bits per heavy atom. The molecule has 2 amide bonds. The number of aromatic nitrogens is 1. The number of aromatic amines is 1. The lowest BCUT2D eigenvalue weighted by molar-refractivity contribution is 0.173. The predicted molar refractivity (Wildman–Crippen MR) is 85.2 cm³/mol. The minimum atomic E-state index is 0.0283. The summed E-state index contributed by atoms with van der Waals surface area (Å²) in [5, 5.41) is 4.20. The fourth-order valence-electron chi connectivity index (χ4n) is 3.16. The Labute approximate surface area is 125 Å². The van der Waals surface area contributed by atoms with Crippen molar-refractivity contribution in [3.63, 3.8) is 0 Å². The zero-order valence-corrected chi connectivity index (χ0v) is 12.6. The van der Waals surface area contributed by atoms with Gasteiger partial charge in [-0.25, -0.2) is 4.79 Å². The highest BCUT2D eigenvalue weighted by Gasteiger charge is 2.21. The molecule has 1 aromatic carbocycles. The second-order valence-corrected chi connectivity index (χ2v) is 5.94. The monoisotopic (exact) mass is 285 g/mol. The van der Waals surface area contributed by atoms with Crippen molar-refractivity contribution in [1.29, 1.82) is 0 Å². The molecule has 1 saturated carbocycles. The highest BCUT2D eigenvalue weighted by molar-refractivity contribution is 5.80. The van der Waals surface area contributed by atoms with Crippen molar-refractivity contribution < 1.29 is 4.79 Å². The fourth-order valence-corrected chi connectivity index (χ4v) is 3.16. The summed E-state index contributed by atoms with van der Waals surface area (Å²) in [7, 11) is 1.91. The number of carbonyl (C=O) groups excluding carboxylic acids is 1. The average Bonchev–Trinajstić information content (AvgIpc) is 2.95. The van der Waals surface area contributed by atoms with Gasteiger partial charge in [-0.15, -0.1) is 0 Å². The number of urea groups is 1. The largest absolute Gasteiger partial charge is 0.357 e. The summed E-state index contributed by atoms with van der Waals surface area (Å²) < 4.78 is 0. The molecule has 0 unspecified atom stereocenters. The van der Waals surface area contributed by atoms with E-state index >= 15 is 0 Å². The average molecular weight is 285 g/mol. The number of carbonyl (C=O) groups is 1. The molecule has 3 rings (SSSR count). The zero-order valence-electron chi connectivity index (χ0n) is 12.6. The molecule has 1 aromatic heterocycles. The van der Waals surface area contributed by atoms with Crippen LogP contribution in [0.4, 0.5) is 4.79 Å². The van der Waals surface area contributed by atoms with Crippen LogP contribution in [-0.2, 0) is 6.54 Å². The molecule has 4 nitrogen and oxygen atoms in total. The maximum absolute atomic E-state index is 12.2. The van der Waals surface area contributed by atoms with Crippen LogP contribution in [0.5, 0.6) is 0 Å². The third-order valence-corrected chi connectivity index (χ3v) is 4.46. The highest BCUT2D eigenvalue weighted by atomic mass is 16.2. The number of hydrogen-bond acceptors (Lipinski definition) is 1. The van der Waals surface area contributed by atoms with E-state index in [1.165, 1.54) is 24.6 Å². The van der Waals surface area contributed by atoms with E-state index in [4.69, 9.17) is 0 Å². The molecule has 112 valence electrons. The van der Waals surface area contributed by atoms with Crippen molar-refractivity contribution in [2.24, 2.45) is 0 Å². The van der Waals surface area contributed by atoms with Crippen LogP contribution in [0.3, 0.4) is 0 Å². The van der Waals surface area contributed by atoms with Crippen LogP contribution in [0, 0.1) is 0 Å². The Hall–Kier alpha value is -1.97. The molecule has 1 heterocycles. The van der Waals surface area contributed by atoms with Crippen molar-refractivity contribution in [2.45, 2.75) is 44.7 Å². The molecule has 1 aliphatic carbocycles. The molecular formula is C17H23N3O. The van der Waals surface area contributed by atoms with Gasteiger partial charge in [-0.05, 0) is 30.4 Å². The summed E-state index contributed by atoms with van der Waals surface area (Å²) in [5.74, 6) is 0. The first-order chi connectivity index (χ1) is 10.2. The smallest absolute Gasteiger partial charge is 0.317 e. The Morgan fingerprint density at radius 1 is 1.29 bits per heavy atom. The van der Waals surface area contributed by atoms with E-state index in [9.17, 15) is 4.79 Å². The first kappa shape index (κ1) is 14.0. The number of rotatable bonds is 3. The van der Waals surface area contributed by atoms with Gasteiger partial charge in [0.2, 0.25) is 0 Å². The number of fused-ring (bicyclic) bond motifs is 1. The van der Waals surface area contributed by atoms with Crippen LogP contribution < -0.4 is 5.32 Å². The van der Waals surface area contributed by atoms with E-state index in [1.807, 2.05) is 24.1 Å². The van der Waals surface area contributed by atoms with Gasteiger partial charge in [-0.3, -0.25) is 0 Å². The van der Waals surface area contributed by atoms with Gasteiger partial charge in [0.25, 0.3) is 0 Å². The number of amides is 2. The van der Waals surface area contributed by atoms with E-state index in [0.29, 0.717) is 12.6 Å². The number of nitrogens with zero attached hydrogens (tertiary/aromatic N) is 1. The molecule has 0 aliphatic heterocycles. The first-order valence-corrected chi connectivity index (χ1v) is 7.81. The Balaban J connectivity index is 1.57. The quantitative estimate of drug-likeness (QED) is 0.888. The standard InChI is InChI=1S/C17H23N3O/c1-20(15-8-3-2-4-9-15)17(21)18-12-14-11-13-7-5-6-10-16(13)19-14/h5-7,10-11,15,19H,2-4,8-9,12H2,1H3,(H,18,21). The number of para-hydroxylation sites is 1. The summed E-state index contributed by atoms with van der Waals surface area (Å²) in [5.41, 5.74) is 2.16. The van der Waals surface area contributed by atoms with Crippen LogP contribution in [0.25, 0.3) is 10.9 Å². The van der Waals surface area contributed by atoms with Crippen LogP contribution in [0.15, 0.2) is 30.3 Å². The molecule has 2 N–H and O–H groups in total. The topological polar surface area (TPSA) is 48.1 Å². The van der Waals surface area contributed by atoms with E-state index in [0.717, 1.165) is 24.1 Å². The van der Waals surface area contributed by atoms with E-state index < -0.39 is 0 Å². The molecule has 4 heteroatoms. The first-order valence-electron chi connectivity index (χ1n) is 7.81. The van der Waals surface area contributed by atoms with Crippen molar-refractivity contribution in [3.8, 4) is 0 Å². The van der Waals surface area contributed by atoms with Crippen molar-refractivity contribution in [2.75, 3.05) is 7.05 Å². The summed E-state index contributed by atoms with van der Waals surface area (Å²) in [4.78, 5) is 17.4. The van der Waals surface area contributed by atoms with Gasteiger partial charge in [0, 0.05) is 24.3 Å². The summed E-state index contributed by atoms with van der Waals surface area (Å²) >= 11 is 0. The van der Waals surface area contributed by atoms with Crippen LogP contribution in [0.2, 0.25) is 0 Å². The predicted octanol–water partition coefficient (Wildman–Crippen LogP) is 3.64. The number of nitrogens with one attached hydrogen (secondary N) is 2. The summed E-state index contributed by atoms with van der Waals surface area (Å²) in [6.45, 7) is 0.546. The molecule has 2 aromatic rings. The fraction of sp³-hybridized carbons (Fsp3) is 0.471. The Morgan fingerprint density at radius 2 is 2.05 bits per heavy atom. The lowest BCUT2D eigenvalue weighted by atomic mass is 9.95. The maximum atomic E-state index is 12.2. The van der Waals surface area contributed by atoms with Crippen molar-refractivity contribution >= 4 is 16.9 Å². The Bertz CT molecular complexity index is 580. The summed E-state index contributed by atoms with van der Waals surface area (Å²) in [6, 6.07) is 10.7. The Kier molecular flexibility index (Phi) is 4.13. The van der Waals surface area contributed by atoms with Gasteiger partial charge >= 0.3 is 6.03 Å². The van der Waals surface area contributed by atoms with Crippen molar-refractivity contribution in [1.82, 2.24) is 15.2 Å². The molecule has 0 bridgehead atoms. The third-order valence-electron chi connectivity index (χ3n) is 4.46. The maximum Gasteiger partial charge on any atom is 0.317 e. The molecule has 1 aliphatic rings. The van der Waals surface area contributed by atoms with Gasteiger partial charge in [0.05, 0.1) is 6.54 Å². The van der Waals surface area contributed by atoms with E-state index in [2.05, 4.69) is 28.5 Å². The lowest BCUT2D eigenvalue weighted by Gasteiger charge is -2.31.